The lowest BCUT2D eigenvalue weighted by atomic mass is 9.96. The summed E-state index contributed by atoms with van der Waals surface area (Å²) in [6, 6.07) is 3.02. The Hall–Kier alpha value is -0.590. The van der Waals surface area contributed by atoms with E-state index < -0.39 is 0 Å². The van der Waals surface area contributed by atoms with Crippen molar-refractivity contribution in [1.82, 2.24) is 5.32 Å². The molecule has 2 rings (SSSR count). The van der Waals surface area contributed by atoms with Crippen molar-refractivity contribution < 1.29 is 4.74 Å². The Balaban J connectivity index is 1.50. The lowest BCUT2D eigenvalue weighted by Crippen LogP contribution is -2.42. The van der Waals surface area contributed by atoms with E-state index >= 15 is 0 Å². The van der Waals surface area contributed by atoms with Gasteiger partial charge in [-0.25, -0.2) is 0 Å². The molecule has 1 unspecified atom stereocenters. The second-order valence-electron chi connectivity index (χ2n) is 5.84. The molecule has 17 heavy (non-hydrogen) atoms. The number of nitrogens with one attached hydrogen (secondary N) is 1. The smallest absolute Gasteiger partial charge is 0.104 e. The van der Waals surface area contributed by atoms with Gasteiger partial charge in [0.25, 0.3) is 0 Å². The number of rotatable bonds is 9. The van der Waals surface area contributed by atoms with Crippen molar-refractivity contribution in [3.05, 3.63) is 0 Å². The summed E-state index contributed by atoms with van der Waals surface area (Å²) < 4.78 is 5.60. The maximum atomic E-state index is 9.20. The molecule has 0 radical (unpaired) electrons. The molecule has 2 aliphatic rings. The predicted molar refractivity (Wildman–Crippen MR) is 67.6 cm³/mol. The molecule has 0 aliphatic heterocycles. The summed E-state index contributed by atoms with van der Waals surface area (Å²) in [4.78, 5) is 0. The van der Waals surface area contributed by atoms with Crippen molar-refractivity contribution in [2.45, 2.75) is 63.5 Å². The van der Waals surface area contributed by atoms with E-state index in [-0.39, 0.29) is 5.54 Å². The van der Waals surface area contributed by atoms with Crippen LogP contribution in [0.3, 0.4) is 0 Å². The van der Waals surface area contributed by atoms with Crippen molar-refractivity contribution >= 4 is 0 Å². The fourth-order valence-electron chi connectivity index (χ4n) is 2.06. The molecule has 0 aromatic carbocycles. The van der Waals surface area contributed by atoms with E-state index in [1.807, 2.05) is 6.92 Å². The predicted octanol–water partition coefficient (Wildman–Crippen LogP) is 2.62. The van der Waals surface area contributed by atoms with Crippen molar-refractivity contribution in [3.63, 3.8) is 0 Å². The molecule has 0 saturated heterocycles. The summed E-state index contributed by atoms with van der Waals surface area (Å²) in [6.45, 7) is 3.84. The van der Waals surface area contributed by atoms with E-state index in [1.54, 1.807) is 0 Å². The lowest BCUT2D eigenvalue weighted by molar-refractivity contribution is 0.119. The van der Waals surface area contributed by atoms with Gasteiger partial charge >= 0.3 is 0 Å². The second kappa shape index (κ2) is 5.84. The number of hydrogen-bond donors (Lipinski definition) is 1. The topological polar surface area (TPSA) is 45.0 Å². The van der Waals surface area contributed by atoms with Crippen molar-refractivity contribution in [1.29, 1.82) is 5.26 Å². The number of hydrogen-bond acceptors (Lipinski definition) is 3. The van der Waals surface area contributed by atoms with Crippen molar-refractivity contribution in [3.8, 4) is 6.07 Å². The number of ether oxygens (including phenoxy) is 1. The van der Waals surface area contributed by atoms with Gasteiger partial charge in [-0.2, -0.15) is 5.26 Å². The first-order chi connectivity index (χ1) is 8.22. The van der Waals surface area contributed by atoms with Crippen LogP contribution in [0.25, 0.3) is 0 Å². The highest BCUT2D eigenvalue weighted by molar-refractivity contribution is 5.06. The van der Waals surface area contributed by atoms with Crippen LogP contribution in [0.2, 0.25) is 0 Å². The van der Waals surface area contributed by atoms with Crippen LogP contribution in [-0.4, -0.2) is 24.8 Å². The van der Waals surface area contributed by atoms with Gasteiger partial charge in [-0.05, 0) is 57.8 Å². The van der Waals surface area contributed by atoms with Crippen LogP contribution in [-0.2, 0) is 4.74 Å². The van der Waals surface area contributed by atoms with Gasteiger partial charge in [0.15, 0.2) is 0 Å². The van der Waals surface area contributed by atoms with Gasteiger partial charge in [0, 0.05) is 19.3 Å². The molecule has 2 fully saturated rings. The minimum Gasteiger partial charge on any atom is -0.381 e. The third-order valence-corrected chi connectivity index (χ3v) is 3.61. The maximum Gasteiger partial charge on any atom is 0.104 e. The second-order valence-corrected chi connectivity index (χ2v) is 5.84. The number of nitrogens with zero attached hydrogens (tertiary/aromatic N) is 1. The van der Waals surface area contributed by atoms with Gasteiger partial charge in [0.1, 0.15) is 5.54 Å². The Kier molecular flexibility index (Phi) is 4.42. The monoisotopic (exact) mass is 236 g/mol. The van der Waals surface area contributed by atoms with E-state index in [0.29, 0.717) is 6.04 Å². The van der Waals surface area contributed by atoms with Crippen LogP contribution in [0.1, 0.15) is 51.9 Å². The lowest BCUT2D eigenvalue weighted by Gasteiger charge is -2.23. The summed E-state index contributed by atoms with van der Waals surface area (Å²) >= 11 is 0. The fourth-order valence-corrected chi connectivity index (χ4v) is 2.06. The van der Waals surface area contributed by atoms with Crippen LogP contribution >= 0.6 is 0 Å². The quantitative estimate of drug-likeness (QED) is 0.626. The summed E-state index contributed by atoms with van der Waals surface area (Å²) in [6.07, 6.45) is 8.29. The molecule has 0 bridgehead atoms. The van der Waals surface area contributed by atoms with Crippen LogP contribution in [0.5, 0.6) is 0 Å². The van der Waals surface area contributed by atoms with Gasteiger partial charge in [-0.1, -0.05) is 0 Å². The van der Waals surface area contributed by atoms with Crippen LogP contribution in [0.4, 0.5) is 0 Å². The molecule has 2 saturated carbocycles. The molecular formula is C14H24N2O. The largest absolute Gasteiger partial charge is 0.381 e. The Morgan fingerprint density at radius 1 is 1.29 bits per heavy atom. The van der Waals surface area contributed by atoms with Crippen molar-refractivity contribution in [2.75, 3.05) is 13.2 Å². The first-order valence-corrected chi connectivity index (χ1v) is 6.98. The number of nitriles is 1. The Bertz CT molecular complexity index is 278. The zero-order valence-corrected chi connectivity index (χ0v) is 10.9. The van der Waals surface area contributed by atoms with Crippen molar-refractivity contribution in [2.24, 2.45) is 5.92 Å². The molecule has 2 aliphatic carbocycles. The van der Waals surface area contributed by atoms with Gasteiger partial charge in [0.05, 0.1) is 6.07 Å². The third kappa shape index (κ3) is 5.06. The summed E-state index contributed by atoms with van der Waals surface area (Å²) in [5, 5.41) is 12.6. The highest BCUT2D eigenvalue weighted by Gasteiger charge is 2.31. The molecule has 0 amide bonds. The molecule has 3 nitrogen and oxygen atoms in total. The van der Waals surface area contributed by atoms with Gasteiger partial charge in [0.2, 0.25) is 0 Å². The zero-order valence-electron chi connectivity index (χ0n) is 10.9. The first kappa shape index (κ1) is 12.9. The highest BCUT2D eigenvalue weighted by atomic mass is 16.5. The molecule has 0 aromatic rings. The Morgan fingerprint density at radius 3 is 2.65 bits per heavy atom. The summed E-state index contributed by atoms with van der Waals surface area (Å²) in [5.74, 6) is 0.857. The minimum absolute atomic E-state index is 0.322. The van der Waals surface area contributed by atoms with E-state index in [2.05, 4.69) is 11.4 Å². The summed E-state index contributed by atoms with van der Waals surface area (Å²) in [7, 11) is 0. The molecule has 3 heteroatoms. The average molecular weight is 236 g/mol. The normalized spacial score (nSPS) is 23.1. The Labute approximate surface area is 105 Å². The SMILES string of the molecule is CC(C#N)(CCCCOCC1CC1)NC1CC1. The summed E-state index contributed by atoms with van der Waals surface area (Å²) in [5.41, 5.74) is -0.322. The average Bonchev–Trinajstić information content (AvgIpc) is 3.17. The van der Waals surface area contributed by atoms with Gasteiger partial charge in [-0.15, -0.1) is 0 Å². The van der Waals surface area contributed by atoms with E-state index in [0.717, 1.165) is 38.4 Å². The van der Waals surface area contributed by atoms with E-state index in [4.69, 9.17) is 4.74 Å². The molecule has 96 valence electrons. The standard InChI is InChI=1S/C14H24N2O/c1-14(11-15,16-13-6-7-13)8-2-3-9-17-10-12-4-5-12/h12-13,16H,2-10H2,1H3. The van der Waals surface area contributed by atoms with Gasteiger partial charge < -0.3 is 4.74 Å². The van der Waals surface area contributed by atoms with E-state index in [9.17, 15) is 5.26 Å². The first-order valence-electron chi connectivity index (χ1n) is 6.98. The highest BCUT2D eigenvalue weighted by Crippen LogP contribution is 2.29. The van der Waals surface area contributed by atoms with Crippen LogP contribution in [0.15, 0.2) is 0 Å². The molecule has 1 atom stereocenters. The molecule has 0 spiro atoms. The van der Waals surface area contributed by atoms with E-state index in [1.165, 1.54) is 25.7 Å². The molecular weight excluding hydrogens is 212 g/mol. The fraction of sp³-hybridized carbons (Fsp3) is 0.929. The van der Waals surface area contributed by atoms with Crippen LogP contribution in [0, 0.1) is 17.2 Å². The minimum atomic E-state index is -0.322. The van der Waals surface area contributed by atoms with Gasteiger partial charge in [-0.3, -0.25) is 5.32 Å². The molecule has 0 aromatic heterocycles. The zero-order chi connectivity index (χ0) is 12.1. The van der Waals surface area contributed by atoms with Crippen LogP contribution < -0.4 is 5.32 Å². The maximum absolute atomic E-state index is 9.20. The molecule has 1 N–H and O–H groups in total. The molecule has 0 heterocycles. The third-order valence-electron chi connectivity index (χ3n) is 3.61. The number of unbranched alkanes of at least 4 members (excludes halogenated alkanes) is 1. The Morgan fingerprint density at radius 2 is 2.06 bits per heavy atom.